The summed E-state index contributed by atoms with van der Waals surface area (Å²) in [5, 5.41) is 2.79. The highest BCUT2D eigenvalue weighted by Crippen LogP contribution is 2.14. The lowest BCUT2D eigenvalue weighted by Gasteiger charge is -2.19. The van der Waals surface area contributed by atoms with E-state index in [4.69, 9.17) is 9.47 Å². The second-order valence-corrected chi connectivity index (χ2v) is 5.28. The zero-order valence-corrected chi connectivity index (χ0v) is 12.4. The molecule has 0 spiro atoms. The minimum absolute atomic E-state index is 0.142. The monoisotopic (exact) mass is 291 g/mol. The summed E-state index contributed by atoms with van der Waals surface area (Å²) >= 11 is 0. The van der Waals surface area contributed by atoms with E-state index in [0.717, 1.165) is 11.1 Å². The summed E-state index contributed by atoms with van der Waals surface area (Å²) in [6.07, 6.45) is 1.13. The summed E-state index contributed by atoms with van der Waals surface area (Å²) in [6.45, 7) is 3.00. The maximum atomic E-state index is 12.2. The average Bonchev–Trinajstić information content (AvgIpc) is 3.02. The van der Waals surface area contributed by atoms with Gasteiger partial charge >= 0.3 is 5.97 Å². The van der Waals surface area contributed by atoms with Gasteiger partial charge in [0.15, 0.2) is 0 Å². The number of hydrogen-bond donors (Lipinski definition) is 1. The fourth-order valence-corrected chi connectivity index (χ4v) is 2.43. The van der Waals surface area contributed by atoms with Crippen LogP contribution in [0.3, 0.4) is 0 Å². The smallest absolute Gasteiger partial charge is 0.328 e. The highest BCUT2D eigenvalue weighted by atomic mass is 16.5. The molecule has 0 saturated carbocycles. The van der Waals surface area contributed by atoms with Crippen LogP contribution >= 0.6 is 0 Å². The van der Waals surface area contributed by atoms with Crippen molar-refractivity contribution in [3.05, 3.63) is 35.4 Å². The van der Waals surface area contributed by atoms with E-state index in [2.05, 4.69) is 5.32 Å². The molecule has 5 heteroatoms. The van der Waals surface area contributed by atoms with Crippen molar-refractivity contribution in [3.63, 3.8) is 0 Å². The van der Waals surface area contributed by atoms with Crippen LogP contribution in [-0.4, -0.2) is 38.2 Å². The Hall–Kier alpha value is -1.88. The Morgan fingerprint density at radius 2 is 2.19 bits per heavy atom. The van der Waals surface area contributed by atoms with E-state index >= 15 is 0 Å². The van der Waals surface area contributed by atoms with Gasteiger partial charge in [0.2, 0.25) is 5.91 Å². The fourth-order valence-electron chi connectivity index (χ4n) is 2.43. The second-order valence-electron chi connectivity index (χ2n) is 5.28. The first-order chi connectivity index (χ1) is 10.1. The van der Waals surface area contributed by atoms with Crippen molar-refractivity contribution >= 4 is 11.9 Å². The molecule has 1 aromatic rings. The topological polar surface area (TPSA) is 64.6 Å². The van der Waals surface area contributed by atoms with Crippen LogP contribution in [0.2, 0.25) is 0 Å². The molecule has 1 amide bonds. The van der Waals surface area contributed by atoms with E-state index in [0.29, 0.717) is 26.1 Å². The minimum atomic E-state index is -0.663. The van der Waals surface area contributed by atoms with Crippen LogP contribution in [-0.2, 0) is 25.5 Å². The van der Waals surface area contributed by atoms with E-state index in [1.807, 2.05) is 31.2 Å². The Bertz CT molecular complexity index is 509. The Balaban J connectivity index is 2.06. The van der Waals surface area contributed by atoms with Gasteiger partial charge in [0.1, 0.15) is 6.04 Å². The average molecular weight is 291 g/mol. The van der Waals surface area contributed by atoms with Crippen LogP contribution in [0, 0.1) is 12.8 Å². The summed E-state index contributed by atoms with van der Waals surface area (Å²) in [7, 11) is 1.33. The van der Waals surface area contributed by atoms with Crippen LogP contribution in [0.25, 0.3) is 0 Å². The molecule has 1 fully saturated rings. The molecule has 1 aliphatic rings. The molecule has 1 aliphatic heterocycles. The predicted molar refractivity (Wildman–Crippen MR) is 77.8 cm³/mol. The van der Waals surface area contributed by atoms with Crippen molar-refractivity contribution in [3.8, 4) is 0 Å². The predicted octanol–water partition coefficient (Wildman–Crippen LogP) is 1.23. The molecule has 0 bridgehead atoms. The van der Waals surface area contributed by atoms with E-state index in [1.165, 1.54) is 7.11 Å². The summed E-state index contributed by atoms with van der Waals surface area (Å²) in [4.78, 5) is 24.1. The molecule has 2 atom stereocenters. The van der Waals surface area contributed by atoms with E-state index in [9.17, 15) is 9.59 Å². The molecule has 5 nitrogen and oxygen atoms in total. The first kappa shape index (κ1) is 15.5. The number of rotatable bonds is 5. The molecule has 1 N–H and O–H groups in total. The Kier molecular flexibility index (Phi) is 5.33. The number of ether oxygens (including phenoxy) is 2. The van der Waals surface area contributed by atoms with Gasteiger partial charge in [-0.15, -0.1) is 0 Å². The second kappa shape index (κ2) is 7.22. The lowest BCUT2D eigenvalue weighted by Crippen LogP contribution is -2.45. The molecule has 114 valence electrons. The number of methoxy groups -OCH3 is 1. The van der Waals surface area contributed by atoms with Crippen molar-refractivity contribution in [2.75, 3.05) is 20.3 Å². The first-order valence-electron chi connectivity index (χ1n) is 7.12. The third-order valence-electron chi connectivity index (χ3n) is 3.79. The van der Waals surface area contributed by atoms with Gasteiger partial charge in [0, 0.05) is 13.0 Å². The first-order valence-corrected chi connectivity index (χ1v) is 7.12. The van der Waals surface area contributed by atoms with Gasteiger partial charge in [0.05, 0.1) is 19.6 Å². The Morgan fingerprint density at radius 3 is 2.81 bits per heavy atom. The number of esters is 1. The molecule has 1 aromatic carbocycles. The highest BCUT2D eigenvalue weighted by molar-refractivity contribution is 5.86. The molecule has 0 aliphatic carbocycles. The van der Waals surface area contributed by atoms with Crippen molar-refractivity contribution in [1.29, 1.82) is 0 Å². The van der Waals surface area contributed by atoms with Gasteiger partial charge in [-0.2, -0.15) is 0 Å². The molecular weight excluding hydrogens is 270 g/mol. The molecule has 1 heterocycles. The molecule has 0 radical (unpaired) electrons. The third-order valence-corrected chi connectivity index (χ3v) is 3.79. The summed E-state index contributed by atoms with van der Waals surface area (Å²) in [5.74, 6) is -0.740. The summed E-state index contributed by atoms with van der Waals surface area (Å²) in [5.41, 5.74) is 2.11. The standard InChI is InChI=1S/C16H21NO4/c1-11-5-3-4-6-12(11)9-14(16(19)20-2)17-15(18)13-7-8-21-10-13/h3-6,13-14H,7-10H2,1-2H3,(H,17,18)/t13-,14-/m0/s1. The molecular formula is C16H21NO4. The van der Waals surface area contributed by atoms with Crippen molar-refractivity contribution in [2.45, 2.75) is 25.8 Å². The normalized spacial score (nSPS) is 19.0. The number of carbonyl (C=O) groups excluding carboxylic acids is 2. The molecule has 0 aromatic heterocycles. The van der Waals surface area contributed by atoms with Gasteiger partial charge in [-0.1, -0.05) is 24.3 Å². The molecule has 1 saturated heterocycles. The Labute approximate surface area is 124 Å². The molecule has 0 unspecified atom stereocenters. The van der Waals surface area contributed by atoms with Crippen molar-refractivity contribution in [1.82, 2.24) is 5.32 Å². The van der Waals surface area contributed by atoms with Crippen LogP contribution in [0.15, 0.2) is 24.3 Å². The lowest BCUT2D eigenvalue weighted by molar-refractivity contribution is -0.145. The zero-order valence-electron chi connectivity index (χ0n) is 12.4. The largest absolute Gasteiger partial charge is 0.467 e. The lowest BCUT2D eigenvalue weighted by atomic mass is 10.00. The minimum Gasteiger partial charge on any atom is -0.467 e. The van der Waals surface area contributed by atoms with Gasteiger partial charge in [-0.3, -0.25) is 4.79 Å². The number of aryl methyl sites for hydroxylation is 1. The van der Waals surface area contributed by atoms with Crippen LogP contribution in [0.1, 0.15) is 17.5 Å². The van der Waals surface area contributed by atoms with Gasteiger partial charge in [-0.05, 0) is 24.5 Å². The van der Waals surface area contributed by atoms with Gasteiger partial charge < -0.3 is 14.8 Å². The van der Waals surface area contributed by atoms with Crippen LogP contribution in [0.5, 0.6) is 0 Å². The molecule has 2 rings (SSSR count). The number of carbonyl (C=O) groups is 2. The summed E-state index contributed by atoms with van der Waals surface area (Å²) < 4.78 is 10.0. The van der Waals surface area contributed by atoms with Gasteiger partial charge in [-0.25, -0.2) is 4.79 Å². The van der Waals surface area contributed by atoms with Gasteiger partial charge in [0.25, 0.3) is 0 Å². The van der Waals surface area contributed by atoms with Crippen molar-refractivity contribution < 1.29 is 19.1 Å². The number of benzene rings is 1. The summed E-state index contributed by atoms with van der Waals surface area (Å²) in [6, 6.07) is 7.14. The van der Waals surface area contributed by atoms with E-state index in [-0.39, 0.29) is 11.8 Å². The molecule has 21 heavy (non-hydrogen) atoms. The number of hydrogen-bond acceptors (Lipinski definition) is 4. The quantitative estimate of drug-likeness (QED) is 0.829. The highest BCUT2D eigenvalue weighted by Gasteiger charge is 2.28. The fraction of sp³-hybridized carbons (Fsp3) is 0.500. The maximum absolute atomic E-state index is 12.2. The third kappa shape index (κ3) is 4.04. The van der Waals surface area contributed by atoms with Crippen LogP contribution in [0.4, 0.5) is 0 Å². The number of nitrogens with one attached hydrogen (secondary N) is 1. The van der Waals surface area contributed by atoms with E-state index in [1.54, 1.807) is 0 Å². The van der Waals surface area contributed by atoms with Crippen molar-refractivity contribution in [2.24, 2.45) is 5.92 Å². The maximum Gasteiger partial charge on any atom is 0.328 e. The Morgan fingerprint density at radius 1 is 1.43 bits per heavy atom. The SMILES string of the molecule is COC(=O)[C@H](Cc1ccccc1C)NC(=O)[C@H]1CCOC1. The van der Waals surface area contributed by atoms with E-state index < -0.39 is 12.0 Å². The number of amides is 1. The van der Waals surface area contributed by atoms with Crippen LogP contribution < -0.4 is 5.32 Å². The zero-order chi connectivity index (χ0) is 15.2.